The van der Waals surface area contributed by atoms with E-state index in [1.165, 1.54) is 0 Å². The second-order valence-electron chi connectivity index (χ2n) is 8.78. The van der Waals surface area contributed by atoms with Gasteiger partial charge in [0.25, 0.3) is 5.91 Å². The third-order valence-corrected chi connectivity index (χ3v) is 6.44. The highest BCUT2D eigenvalue weighted by Crippen LogP contribution is 2.18. The van der Waals surface area contributed by atoms with Crippen LogP contribution in [-0.4, -0.2) is 89.4 Å². The van der Waals surface area contributed by atoms with Gasteiger partial charge in [0.15, 0.2) is 0 Å². The molecule has 3 rings (SSSR count). The first-order valence-corrected chi connectivity index (χ1v) is 11.7. The molecule has 2 heterocycles. The smallest absolute Gasteiger partial charge is 0.254 e. The minimum Gasteiger partial charge on any atom is -0.358 e. The second-order valence-corrected chi connectivity index (χ2v) is 8.78. The first kappa shape index (κ1) is 25.2. The van der Waals surface area contributed by atoms with Crippen LogP contribution in [-0.2, 0) is 6.54 Å². The van der Waals surface area contributed by atoms with Crippen molar-refractivity contribution >= 4 is 17.5 Å². The van der Waals surface area contributed by atoms with Crippen LogP contribution in [0.15, 0.2) is 53.4 Å². The van der Waals surface area contributed by atoms with Crippen molar-refractivity contribution in [3.63, 3.8) is 0 Å². The van der Waals surface area contributed by atoms with Gasteiger partial charge < -0.3 is 14.7 Å². The lowest BCUT2D eigenvalue weighted by molar-refractivity contribution is 0.0668. The molecule has 34 heavy (non-hydrogen) atoms. The minimum atomic E-state index is 0.0717. The van der Waals surface area contributed by atoms with Gasteiger partial charge in [0, 0.05) is 70.7 Å². The molecule has 0 unspecified atom stereocenters. The maximum Gasteiger partial charge on any atom is 0.254 e. The summed E-state index contributed by atoms with van der Waals surface area (Å²) >= 11 is 0. The van der Waals surface area contributed by atoms with Crippen LogP contribution in [0.1, 0.15) is 35.3 Å². The molecule has 0 spiro atoms. The number of nitrogens with zero attached hydrogens (tertiary/aromatic N) is 7. The molecule has 2 aliphatic heterocycles. The quantitative estimate of drug-likeness (QED) is 0.481. The molecule has 2 fully saturated rings. The first-order chi connectivity index (χ1) is 16.3. The fourth-order valence-electron chi connectivity index (χ4n) is 4.33. The molecule has 0 aliphatic carbocycles. The van der Waals surface area contributed by atoms with Gasteiger partial charge in [0.2, 0.25) is 0 Å². The van der Waals surface area contributed by atoms with E-state index in [0.29, 0.717) is 37.7 Å². The monoisotopic (exact) mass is 461 g/mol. The Bertz CT molecular complexity index is 1020. The van der Waals surface area contributed by atoms with Crippen molar-refractivity contribution in [1.82, 2.24) is 19.6 Å². The highest BCUT2D eigenvalue weighted by atomic mass is 16.2. The van der Waals surface area contributed by atoms with E-state index in [9.17, 15) is 4.79 Å². The number of hydrogen-bond donors (Lipinski definition) is 0. The lowest BCUT2D eigenvalue weighted by Gasteiger charge is -2.36. The third kappa shape index (κ3) is 6.33. The lowest BCUT2D eigenvalue weighted by atomic mass is 10.0. The molecular formula is C26H35N7O. The molecule has 0 N–H and O–H groups in total. The van der Waals surface area contributed by atoms with E-state index in [-0.39, 0.29) is 5.91 Å². The number of benzene rings is 1. The van der Waals surface area contributed by atoms with Gasteiger partial charge in [-0.3, -0.25) is 9.69 Å². The van der Waals surface area contributed by atoms with E-state index in [1.807, 2.05) is 29.7 Å². The molecule has 1 aromatic rings. The van der Waals surface area contributed by atoms with Crippen molar-refractivity contribution in [3.05, 3.63) is 60.1 Å². The van der Waals surface area contributed by atoms with Gasteiger partial charge in [-0.25, -0.2) is 9.98 Å². The van der Waals surface area contributed by atoms with Crippen LogP contribution in [0.5, 0.6) is 0 Å². The zero-order valence-corrected chi connectivity index (χ0v) is 20.6. The fraction of sp³-hybridized carbons (Fsp3) is 0.462. The molecule has 2 saturated heterocycles. The molecule has 0 aromatic heterocycles. The summed E-state index contributed by atoms with van der Waals surface area (Å²) in [5.41, 5.74) is 3.32. The maximum atomic E-state index is 13.3. The second kappa shape index (κ2) is 11.6. The van der Waals surface area contributed by atoms with Gasteiger partial charge >= 0.3 is 0 Å². The van der Waals surface area contributed by atoms with E-state index >= 15 is 0 Å². The van der Waals surface area contributed by atoms with Gasteiger partial charge in [0.1, 0.15) is 23.4 Å². The van der Waals surface area contributed by atoms with Crippen LogP contribution in [0, 0.1) is 18.3 Å². The highest BCUT2D eigenvalue weighted by Gasteiger charge is 2.24. The minimum absolute atomic E-state index is 0.0717. The topological polar surface area (TPSA) is 78.5 Å². The van der Waals surface area contributed by atoms with Crippen LogP contribution >= 0.6 is 0 Å². The summed E-state index contributed by atoms with van der Waals surface area (Å²) in [7, 11) is 0. The Labute approximate surface area is 203 Å². The molecule has 1 amide bonds. The highest BCUT2D eigenvalue weighted by molar-refractivity contribution is 5.97. The number of amidine groups is 1. The SMILES string of the molecule is C=CN=C(C)N1CCN(Cc2ccc(C)c(C(=O)N3CCN(C(=C)N=C(C)C#N)CC3)c2)CC1. The van der Waals surface area contributed by atoms with Crippen LogP contribution in [0.4, 0.5) is 0 Å². The van der Waals surface area contributed by atoms with Gasteiger partial charge in [-0.05, 0) is 38.0 Å². The van der Waals surface area contributed by atoms with Crippen LogP contribution in [0.3, 0.4) is 0 Å². The van der Waals surface area contributed by atoms with Crippen molar-refractivity contribution in [3.8, 4) is 6.07 Å². The number of amides is 1. The van der Waals surface area contributed by atoms with E-state index in [0.717, 1.165) is 55.2 Å². The summed E-state index contributed by atoms with van der Waals surface area (Å²) < 4.78 is 0. The Morgan fingerprint density at radius 2 is 1.68 bits per heavy atom. The summed E-state index contributed by atoms with van der Waals surface area (Å²) in [4.78, 5) is 30.5. The number of carbonyl (C=O) groups is 1. The van der Waals surface area contributed by atoms with Gasteiger partial charge in [-0.15, -0.1) is 0 Å². The summed E-state index contributed by atoms with van der Waals surface area (Å²) in [5.74, 6) is 1.66. The van der Waals surface area contributed by atoms with Crippen LogP contribution in [0.2, 0.25) is 0 Å². The maximum absolute atomic E-state index is 13.3. The number of carbonyl (C=O) groups excluding carboxylic acids is 1. The Balaban J connectivity index is 1.58. The summed E-state index contributed by atoms with van der Waals surface area (Å²) in [6, 6.07) is 8.25. The normalized spacial score (nSPS) is 18.0. The molecule has 0 atom stereocenters. The first-order valence-electron chi connectivity index (χ1n) is 11.7. The van der Waals surface area contributed by atoms with Crippen molar-refractivity contribution in [2.24, 2.45) is 9.98 Å². The van der Waals surface area contributed by atoms with Gasteiger partial charge in [0.05, 0.1) is 0 Å². The molecule has 8 nitrogen and oxygen atoms in total. The number of nitriles is 1. The average Bonchev–Trinajstić information content (AvgIpc) is 2.85. The zero-order chi connectivity index (χ0) is 24.7. The Kier molecular flexibility index (Phi) is 8.61. The van der Waals surface area contributed by atoms with E-state index in [4.69, 9.17) is 5.26 Å². The molecule has 1 aromatic carbocycles. The standard InChI is InChI=1S/C26H35N7O/c1-6-28-22(4)31-11-9-30(10-12-31)19-24-8-7-20(2)25(17-24)26(34)33-15-13-32(14-16-33)23(5)29-21(3)18-27/h6-8,17H,1,5,9-16,19H2,2-4H3. The molecule has 0 bridgehead atoms. The molecule has 180 valence electrons. The number of aliphatic imine (C=N–C) groups is 2. The van der Waals surface area contributed by atoms with Gasteiger partial charge in [-0.2, -0.15) is 5.26 Å². The predicted octanol–water partition coefficient (Wildman–Crippen LogP) is 2.89. The number of piperazine rings is 2. The lowest BCUT2D eigenvalue weighted by Crippen LogP contribution is -2.48. The van der Waals surface area contributed by atoms with Gasteiger partial charge in [-0.1, -0.05) is 25.3 Å². The van der Waals surface area contributed by atoms with Crippen LogP contribution in [0.25, 0.3) is 0 Å². The molecule has 2 aliphatic rings. The predicted molar refractivity (Wildman–Crippen MR) is 137 cm³/mol. The van der Waals surface area contributed by atoms with Crippen molar-refractivity contribution in [2.45, 2.75) is 27.3 Å². The largest absolute Gasteiger partial charge is 0.358 e. The Morgan fingerprint density at radius 3 is 2.29 bits per heavy atom. The Morgan fingerprint density at radius 1 is 1.06 bits per heavy atom. The molecule has 0 radical (unpaired) electrons. The molecule has 0 saturated carbocycles. The van der Waals surface area contributed by atoms with Crippen molar-refractivity contribution in [2.75, 3.05) is 52.4 Å². The van der Waals surface area contributed by atoms with E-state index in [2.05, 4.69) is 51.1 Å². The van der Waals surface area contributed by atoms with E-state index < -0.39 is 0 Å². The number of hydrogen-bond acceptors (Lipinski definition) is 6. The van der Waals surface area contributed by atoms with Crippen molar-refractivity contribution in [1.29, 1.82) is 5.26 Å². The third-order valence-electron chi connectivity index (χ3n) is 6.44. The van der Waals surface area contributed by atoms with E-state index in [1.54, 1.807) is 13.1 Å². The Hall–Kier alpha value is -3.44. The summed E-state index contributed by atoms with van der Waals surface area (Å²) in [6.07, 6.45) is 1.59. The number of aryl methyl sites for hydroxylation is 1. The van der Waals surface area contributed by atoms with Crippen LogP contribution < -0.4 is 0 Å². The zero-order valence-electron chi connectivity index (χ0n) is 20.6. The molecular weight excluding hydrogens is 426 g/mol. The summed E-state index contributed by atoms with van der Waals surface area (Å²) in [5, 5.41) is 8.92. The molecule has 8 heteroatoms. The average molecular weight is 462 g/mol. The number of rotatable bonds is 6. The summed E-state index contributed by atoms with van der Waals surface area (Å²) in [6.45, 7) is 20.5. The van der Waals surface area contributed by atoms with Crippen molar-refractivity contribution < 1.29 is 4.79 Å². The fourth-order valence-corrected chi connectivity index (χ4v) is 4.33.